The lowest BCUT2D eigenvalue weighted by Crippen LogP contribution is -2.51. The van der Waals surface area contributed by atoms with Crippen LogP contribution in [0.4, 0.5) is 0 Å². The highest BCUT2D eigenvalue weighted by Crippen LogP contribution is 2.19. The van der Waals surface area contributed by atoms with E-state index in [9.17, 15) is 13.2 Å². The van der Waals surface area contributed by atoms with Gasteiger partial charge >= 0.3 is 0 Å². The Morgan fingerprint density at radius 2 is 1.81 bits per heavy atom. The predicted octanol–water partition coefficient (Wildman–Crippen LogP) is 0.769. The van der Waals surface area contributed by atoms with E-state index in [-0.39, 0.29) is 18.0 Å². The molecule has 2 fully saturated rings. The van der Waals surface area contributed by atoms with Crippen LogP contribution in [0.25, 0.3) is 0 Å². The van der Waals surface area contributed by atoms with Crippen LogP contribution in [0.2, 0.25) is 0 Å². The highest BCUT2D eigenvalue weighted by Gasteiger charge is 2.26. The SMILES string of the molecule is CC(C)N1CCC(NC(=O)CN2CCCCC2CCNS(C)(=O)=O)CC1. The number of nitrogens with one attached hydrogen (secondary N) is 2. The molecule has 0 aromatic carbocycles. The van der Waals surface area contributed by atoms with Gasteiger partial charge < -0.3 is 10.2 Å². The number of carbonyl (C=O) groups is 1. The zero-order valence-corrected chi connectivity index (χ0v) is 17.4. The molecule has 0 saturated carbocycles. The van der Waals surface area contributed by atoms with Gasteiger partial charge in [-0.3, -0.25) is 9.69 Å². The van der Waals surface area contributed by atoms with Crippen molar-refractivity contribution in [1.29, 1.82) is 0 Å². The van der Waals surface area contributed by atoms with Crippen molar-refractivity contribution in [2.24, 2.45) is 0 Å². The van der Waals surface area contributed by atoms with Gasteiger partial charge in [0.15, 0.2) is 0 Å². The van der Waals surface area contributed by atoms with Gasteiger partial charge in [0, 0.05) is 37.8 Å². The Bertz CT molecular complexity index is 545. The molecule has 2 saturated heterocycles. The van der Waals surface area contributed by atoms with Crippen molar-refractivity contribution in [3.8, 4) is 0 Å². The monoisotopic (exact) mass is 388 g/mol. The van der Waals surface area contributed by atoms with E-state index in [1.165, 1.54) is 6.26 Å². The molecule has 0 aromatic heterocycles. The molecule has 7 nitrogen and oxygen atoms in total. The Kier molecular flexibility index (Phi) is 8.32. The number of amides is 1. The number of piperidine rings is 2. The second kappa shape index (κ2) is 10.0. The van der Waals surface area contributed by atoms with Crippen LogP contribution in [0, 0.1) is 0 Å². The molecule has 26 heavy (non-hydrogen) atoms. The molecular formula is C18H36N4O3S. The van der Waals surface area contributed by atoms with Crippen LogP contribution in [0.15, 0.2) is 0 Å². The Morgan fingerprint density at radius 3 is 2.42 bits per heavy atom. The molecule has 2 rings (SSSR count). The molecular weight excluding hydrogens is 352 g/mol. The fraction of sp³-hybridized carbons (Fsp3) is 0.944. The Labute approximate surface area is 158 Å². The topological polar surface area (TPSA) is 81.8 Å². The van der Waals surface area contributed by atoms with Gasteiger partial charge in [-0.1, -0.05) is 6.42 Å². The number of sulfonamides is 1. The molecule has 0 aromatic rings. The van der Waals surface area contributed by atoms with E-state index in [0.29, 0.717) is 19.1 Å². The molecule has 2 heterocycles. The molecule has 1 amide bonds. The van der Waals surface area contributed by atoms with Crippen molar-refractivity contribution in [1.82, 2.24) is 19.8 Å². The maximum absolute atomic E-state index is 12.5. The van der Waals surface area contributed by atoms with E-state index in [4.69, 9.17) is 0 Å². The van der Waals surface area contributed by atoms with E-state index in [1.807, 2.05) is 0 Å². The van der Waals surface area contributed by atoms with Gasteiger partial charge in [0.25, 0.3) is 0 Å². The highest BCUT2D eigenvalue weighted by atomic mass is 32.2. The quantitative estimate of drug-likeness (QED) is 0.642. The first kappa shape index (κ1) is 21.6. The molecule has 0 bridgehead atoms. The summed E-state index contributed by atoms with van der Waals surface area (Å²) in [5, 5.41) is 3.21. The summed E-state index contributed by atoms with van der Waals surface area (Å²) in [5.74, 6) is 0.107. The number of rotatable bonds is 8. The average Bonchev–Trinajstić information content (AvgIpc) is 2.55. The predicted molar refractivity (Wildman–Crippen MR) is 105 cm³/mol. The second-order valence-corrected chi connectivity index (χ2v) is 9.88. The van der Waals surface area contributed by atoms with Gasteiger partial charge in [-0.15, -0.1) is 0 Å². The van der Waals surface area contributed by atoms with E-state index < -0.39 is 10.0 Å². The first-order chi connectivity index (χ1) is 12.2. The fourth-order valence-corrected chi connectivity index (χ4v) is 4.51. The molecule has 1 unspecified atom stereocenters. The zero-order valence-electron chi connectivity index (χ0n) is 16.5. The van der Waals surface area contributed by atoms with Crippen molar-refractivity contribution < 1.29 is 13.2 Å². The third kappa shape index (κ3) is 7.50. The smallest absolute Gasteiger partial charge is 0.234 e. The summed E-state index contributed by atoms with van der Waals surface area (Å²) < 4.78 is 25.0. The summed E-state index contributed by atoms with van der Waals surface area (Å²) in [5.41, 5.74) is 0. The van der Waals surface area contributed by atoms with Crippen LogP contribution in [-0.4, -0.2) is 81.2 Å². The number of hydrogen-bond donors (Lipinski definition) is 2. The Hall–Kier alpha value is -0.700. The van der Waals surface area contributed by atoms with Crippen molar-refractivity contribution in [3.05, 3.63) is 0 Å². The number of carbonyl (C=O) groups excluding carboxylic acids is 1. The lowest BCUT2D eigenvalue weighted by atomic mass is 9.99. The van der Waals surface area contributed by atoms with Gasteiger partial charge in [0.05, 0.1) is 12.8 Å². The standard InChI is InChI=1S/C18H36N4O3S/c1-15(2)21-12-8-16(9-13-21)20-18(23)14-22-11-5-4-6-17(22)7-10-19-26(3,24)25/h15-17,19H,4-14H2,1-3H3,(H,20,23). The van der Waals surface area contributed by atoms with Gasteiger partial charge in [0.1, 0.15) is 0 Å². The minimum absolute atomic E-state index is 0.107. The number of likely N-dealkylation sites (tertiary alicyclic amines) is 2. The third-order valence-corrected chi connectivity index (χ3v) is 6.29. The summed E-state index contributed by atoms with van der Waals surface area (Å²) in [6.07, 6.45) is 7.27. The van der Waals surface area contributed by atoms with Crippen LogP contribution >= 0.6 is 0 Å². The summed E-state index contributed by atoms with van der Waals surface area (Å²) in [6, 6.07) is 1.14. The second-order valence-electron chi connectivity index (χ2n) is 8.05. The average molecular weight is 389 g/mol. The molecule has 2 aliphatic rings. The number of nitrogens with zero attached hydrogens (tertiary/aromatic N) is 2. The fourth-order valence-electron chi connectivity index (χ4n) is 4.02. The van der Waals surface area contributed by atoms with E-state index in [1.54, 1.807) is 0 Å². The maximum Gasteiger partial charge on any atom is 0.234 e. The summed E-state index contributed by atoms with van der Waals surface area (Å²) in [6.45, 7) is 8.31. The van der Waals surface area contributed by atoms with Crippen LogP contribution in [0.5, 0.6) is 0 Å². The maximum atomic E-state index is 12.5. The number of hydrogen-bond acceptors (Lipinski definition) is 5. The first-order valence-electron chi connectivity index (χ1n) is 9.96. The largest absolute Gasteiger partial charge is 0.352 e. The summed E-state index contributed by atoms with van der Waals surface area (Å²) >= 11 is 0. The van der Waals surface area contributed by atoms with Crippen LogP contribution < -0.4 is 10.0 Å². The van der Waals surface area contributed by atoms with Crippen LogP contribution in [0.3, 0.4) is 0 Å². The van der Waals surface area contributed by atoms with Gasteiger partial charge in [-0.05, 0) is 52.5 Å². The molecule has 0 spiro atoms. The minimum Gasteiger partial charge on any atom is -0.352 e. The summed E-state index contributed by atoms with van der Waals surface area (Å²) in [4.78, 5) is 17.2. The van der Waals surface area contributed by atoms with Crippen molar-refractivity contribution in [3.63, 3.8) is 0 Å². The summed E-state index contributed by atoms with van der Waals surface area (Å²) in [7, 11) is -3.15. The Morgan fingerprint density at radius 1 is 1.12 bits per heavy atom. The third-order valence-electron chi connectivity index (χ3n) is 5.56. The van der Waals surface area contributed by atoms with Gasteiger partial charge in [-0.25, -0.2) is 13.1 Å². The molecule has 2 N–H and O–H groups in total. The van der Waals surface area contributed by atoms with Crippen LogP contribution in [0.1, 0.15) is 52.4 Å². The lowest BCUT2D eigenvalue weighted by molar-refractivity contribution is -0.124. The molecule has 2 aliphatic heterocycles. The first-order valence-corrected chi connectivity index (χ1v) is 11.9. The van der Waals surface area contributed by atoms with Crippen LogP contribution in [-0.2, 0) is 14.8 Å². The minimum atomic E-state index is -3.15. The lowest BCUT2D eigenvalue weighted by Gasteiger charge is -2.37. The molecule has 0 aliphatic carbocycles. The van der Waals surface area contributed by atoms with Gasteiger partial charge in [-0.2, -0.15) is 0 Å². The molecule has 152 valence electrons. The molecule has 0 radical (unpaired) electrons. The van der Waals surface area contributed by atoms with E-state index in [0.717, 1.165) is 58.2 Å². The molecule has 1 atom stereocenters. The zero-order chi connectivity index (χ0) is 19.2. The van der Waals surface area contributed by atoms with Crippen molar-refractivity contribution in [2.45, 2.75) is 70.5 Å². The Balaban J connectivity index is 1.75. The molecule has 8 heteroatoms. The van der Waals surface area contributed by atoms with Crippen molar-refractivity contribution >= 4 is 15.9 Å². The van der Waals surface area contributed by atoms with E-state index in [2.05, 4.69) is 33.7 Å². The highest BCUT2D eigenvalue weighted by molar-refractivity contribution is 7.88. The van der Waals surface area contributed by atoms with E-state index >= 15 is 0 Å². The van der Waals surface area contributed by atoms with Crippen molar-refractivity contribution in [2.75, 3.05) is 39.0 Å². The normalized spacial score (nSPS) is 24.1. The van der Waals surface area contributed by atoms with Gasteiger partial charge in [0.2, 0.25) is 15.9 Å².